The molecule has 2 unspecified atom stereocenters. The highest BCUT2D eigenvalue weighted by atomic mass is 16.6. The van der Waals surface area contributed by atoms with E-state index in [-0.39, 0.29) is 11.9 Å². The Morgan fingerprint density at radius 2 is 2.35 bits per heavy atom. The molecular weight excluding hydrogens is 222 g/mol. The molecule has 1 fully saturated rings. The molecule has 0 N–H and O–H groups in total. The van der Waals surface area contributed by atoms with Gasteiger partial charge in [0.05, 0.1) is 19.4 Å². The van der Waals surface area contributed by atoms with Crippen molar-refractivity contribution in [1.29, 1.82) is 0 Å². The van der Waals surface area contributed by atoms with Crippen molar-refractivity contribution in [2.24, 2.45) is 0 Å². The summed E-state index contributed by atoms with van der Waals surface area (Å²) in [5.41, 5.74) is 0. The molecule has 0 saturated heterocycles. The van der Waals surface area contributed by atoms with E-state index in [1.54, 1.807) is 25.6 Å². The third kappa shape index (κ3) is 3.01. The van der Waals surface area contributed by atoms with Crippen LogP contribution in [0, 0.1) is 0 Å². The molecule has 0 aromatic carbocycles. The van der Waals surface area contributed by atoms with E-state index in [1.807, 2.05) is 6.07 Å². The van der Waals surface area contributed by atoms with E-state index in [0.717, 1.165) is 0 Å². The summed E-state index contributed by atoms with van der Waals surface area (Å²) >= 11 is 0. The third-order valence-electron chi connectivity index (χ3n) is 2.56. The van der Waals surface area contributed by atoms with Gasteiger partial charge in [-0.2, -0.15) is 0 Å². The summed E-state index contributed by atoms with van der Waals surface area (Å²) in [6.45, 7) is 0.878. The average molecular weight is 237 g/mol. The number of rotatable bonds is 6. The Morgan fingerprint density at radius 3 is 3.00 bits per heavy atom. The summed E-state index contributed by atoms with van der Waals surface area (Å²) in [5.74, 6) is 0.736. The molecule has 92 valence electrons. The van der Waals surface area contributed by atoms with Crippen LogP contribution in [-0.2, 0) is 14.3 Å². The second kappa shape index (κ2) is 5.75. The van der Waals surface area contributed by atoms with Crippen LogP contribution in [0.2, 0.25) is 0 Å². The quantitative estimate of drug-likeness (QED) is 0.686. The number of aromatic nitrogens is 1. The molecule has 1 aromatic rings. The molecule has 1 saturated carbocycles. The normalized spacial score (nSPS) is 23.2. The predicted octanol–water partition coefficient (Wildman–Crippen LogP) is 0.833. The molecule has 1 aliphatic rings. The predicted molar refractivity (Wildman–Crippen MR) is 59.9 cm³/mol. The first kappa shape index (κ1) is 12.0. The molecule has 0 radical (unpaired) electrons. The van der Waals surface area contributed by atoms with Gasteiger partial charge in [0.2, 0.25) is 0 Å². The van der Waals surface area contributed by atoms with Gasteiger partial charge in [-0.3, -0.25) is 9.78 Å². The first-order chi connectivity index (χ1) is 8.31. The maximum absolute atomic E-state index is 11.4. The van der Waals surface area contributed by atoms with Crippen LogP contribution in [0.5, 0.6) is 5.75 Å². The lowest BCUT2D eigenvalue weighted by molar-refractivity contribution is -0.156. The number of ketones is 1. The molecule has 0 aliphatic heterocycles. The minimum Gasteiger partial charge on any atom is -0.485 e. The molecule has 1 aliphatic carbocycles. The first-order valence-electron chi connectivity index (χ1n) is 5.51. The average Bonchev–Trinajstić information content (AvgIpc) is 2.35. The number of methoxy groups -OCH3 is 1. The van der Waals surface area contributed by atoms with Crippen LogP contribution in [0.25, 0.3) is 0 Å². The zero-order valence-corrected chi connectivity index (χ0v) is 9.67. The summed E-state index contributed by atoms with van der Waals surface area (Å²) in [5, 5.41) is 0. The second-order valence-corrected chi connectivity index (χ2v) is 3.80. The van der Waals surface area contributed by atoms with Crippen molar-refractivity contribution in [3.63, 3.8) is 0 Å². The Kier molecular flexibility index (Phi) is 4.06. The minimum absolute atomic E-state index is 0.0787. The largest absolute Gasteiger partial charge is 0.485 e. The number of Topliss-reactive ketones (excluding diaryl/α,β-unsaturated/α-hetero) is 1. The Hall–Kier alpha value is -1.46. The van der Waals surface area contributed by atoms with Crippen LogP contribution >= 0.6 is 0 Å². The fraction of sp³-hybridized carbons (Fsp3) is 0.500. The van der Waals surface area contributed by atoms with E-state index < -0.39 is 6.10 Å². The summed E-state index contributed by atoms with van der Waals surface area (Å²) in [7, 11) is 1.59. The highest BCUT2D eigenvalue weighted by Crippen LogP contribution is 2.25. The summed E-state index contributed by atoms with van der Waals surface area (Å²) in [6, 6.07) is 3.60. The standard InChI is InChI=1S/C12H15NO4/c1-15-5-6-16-12-10(14)7-11(12)17-9-3-2-4-13-8-9/h2-4,8,11-12H,5-7H2,1H3. The van der Waals surface area contributed by atoms with Gasteiger partial charge in [0.15, 0.2) is 11.9 Å². The van der Waals surface area contributed by atoms with E-state index in [1.165, 1.54) is 0 Å². The summed E-state index contributed by atoms with van der Waals surface area (Å²) in [6.07, 6.45) is 3.02. The molecule has 2 atom stereocenters. The molecule has 0 amide bonds. The maximum atomic E-state index is 11.4. The van der Waals surface area contributed by atoms with Gasteiger partial charge in [-0.1, -0.05) is 0 Å². The zero-order valence-electron chi connectivity index (χ0n) is 9.67. The van der Waals surface area contributed by atoms with Crippen molar-refractivity contribution in [2.45, 2.75) is 18.6 Å². The molecule has 1 aromatic heterocycles. The Balaban J connectivity index is 1.83. The smallest absolute Gasteiger partial charge is 0.169 e. The molecule has 0 bridgehead atoms. The third-order valence-corrected chi connectivity index (χ3v) is 2.56. The van der Waals surface area contributed by atoms with Crippen LogP contribution in [0.4, 0.5) is 0 Å². The monoisotopic (exact) mass is 237 g/mol. The number of ether oxygens (including phenoxy) is 3. The van der Waals surface area contributed by atoms with E-state index in [0.29, 0.717) is 25.4 Å². The lowest BCUT2D eigenvalue weighted by atomic mass is 9.90. The van der Waals surface area contributed by atoms with Crippen molar-refractivity contribution in [3.05, 3.63) is 24.5 Å². The molecule has 5 nitrogen and oxygen atoms in total. The number of carbonyl (C=O) groups is 1. The molecule has 2 rings (SSSR count). The fourth-order valence-electron chi connectivity index (χ4n) is 1.62. The van der Waals surface area contributed by atoms with Crippen molar-refractivity contribution >= 4 is 5.78 Å². The van der Waals surface area contributed by atoms with Gasteiger partial charge in [0, 0.05) is 19.7 Å². The van der Waals surface area contributed by atoms with E-state index in [2.05, 4.69) is 4.98 Å². The van der Waals surface area contributed by atoms with E-state index >= 15 is 0 Å². The van der Waals surface area contributed by atoms with Crippen LogP contribution in [0.3, 0.4) is 0 Å². The minimum atomic E-state index is -0.467. The topological polar surface area (TPSA) is 57.7 Å². The Morgan fingerprint density at radius 1 is 1.47 bits per heavy atom. The number of carbonyl (C=O) groups excluding carboxylic acids is 1. The van der Waals surface area contributed by atoms with Gasteiger partial charge in [-0.05, 0) is 12.1 Å². The number of hydrogen-bond acceptors (Lipinski definition) is 5. The SMILES string of the molecule is COCCOC1C(=O)CC1Oc1cccnc1. The summed E-state index contributed by atoms with van der Waals surface area (Å²) in [4.78, 5) is 15.3. The van der Waals surface area contributed by atoms with Crippen molar-refractivity contribution in [3.8, 4) is 5.75 Å². The number of hydrogen-bond donors (Lipinski definition) is 0. The lowest BCUT2D eigenvalue weighted by Crippen LogP contribution is -2.52. The fourth-order valence-corrected chi connectivity index (χ4v) is 1.62. The van der Waals surface area contributed by atoms with Crippen LogP contribution in [0.15, 0.2) is 24.5 Å². The van der Waals surface area contributed by atoms with Gasteiger partial charge >= 0.3 is 0 Å². The molecule has 17 heavy (non-hydrogen) atoms. The van der Waals surface area contributed by atoms with E-state index in [4.69, 9.17) is 14.2 Å². The van der Waals surface area contributed by atoms with Gasteiger partial charge in [0.1, 0.15) is 11.9 Å². The van der Waals surface area contributed by atoms with Gasteiger partial charge in [-0.25, -0.2) is 0 Å². The van der Waals surface area contributed by atoms with Crippen molar-refractivity contribution in [1.82, 2.24) is 4.98 Å². The summed E-state index contributed by atoms with van der Waals surface area (Å²) < 4.78 is 15.9. The first-order valence-corrected chi connectivity index (χ1v) is 5.51. The zero-order chi connectivity index (χ0) is 12.1. The highest BCUT2D eigenvalue weighted by molar-refractivity contribution is 5.90. The molecule has 0 spiro atoms. The molecule has 5 heteroatoms. The van der Waals surface area contributed by atoms with Crippen LogP contribution in [-0.4, -0.2) is 43.3 Å². The number of pyridine rings is 1. The maximum Gasteiger partial charge on any atom is 0.169 e. The van der Waals surface area contributed by atoms with Gasteiger partial charge in [0.25, 0.3) is 0 Å². The van der Waals surface area contributed by atoms with Gasteiger partial charge < -0.3 is 14.2 Å². The van der Waals surface area contributed by atoms with Crippen molar-refractivity contribution in [2.75, 3.05) is 20.3 Å². The van der Waals surface area contributed by atoms with Crippen LogP contribution in [0.1, 0.15) is 6.42 Å². The second-order valence-electron chi connectivity index (χ2n) is 3.80. The van der Waals surface area contributed by atoms with Gasteiger partial charge in [-0.15, -0.1) is 0 Å². The van der Waals surface area contributed by atoms with Crippen molar-refractivity contribution < 1.29 is 19.0 Å². The molecule has 1 heterocycles. The Bertz CT molecular complexity index is 368. The highest BCUT2D eigenvalue weighted by Gasteiger charge is 2.42. The lowest BCUT2D eigenvalue weighted by Gasteiger charge is -2.34. The van der Waals surface area contributed by atoms with Crippen LogP contribution < -0.4 is 4.74 Å². The molecular formula is C12H15NO4. The number of nitrogens with zero attached hydrogens (tertiary/aromatic N) is 1. The Labute approximate surface area is 99.7 Å². The van der Waals surface area contributed by atoms with E-state index in [9.17, 15) is 4.79 Å².